The molecule has 0 amide bonds. The molecule has 0 aromatic rings. The van der Waals surface area contributed by atoms with Gasteiger partial charge in [-0.1, -0.05) is 263 Å². The molecule has 0 spiro atoms. The molecule has 0 aliphatic rings. The van der Waals surface area contributed by atoms with E-state index in [2.05, 4.69) is 57.2 Å². The summed E-state index contributed by atoms with van der Waals surface area (Å²) in [6, 6.07) is 0. The number of rotatable bonds is 51. The highest BCUT2D eigenvalue weighted by atomic mass is 16.6. The molecule has 0 saturated carbocycles. The molecule has 0 aromatic heterocycles. The summed E-state index contributed by atoms with van der Waals surface area (Å²) in [6.45, 7) is 6.52. The van der Waals surface area contributed by atoms with Crippen molar-refractivity contribution in [3.8, 4) is 0 Å². The average molecular weight is 899 g/mol. The first-order valence-corrected chi connectivity index (χ1v) is 28.0. The normalized spacial score (nSPS) is 12.2. The van der Waals surface area contributed by atoms with E-state index in [1.54, 1.807) is 0 Å². The van der Waals surface area contributed by atoms with E-state index in [-0.39, 0.29) is 31.1 Å². The molecule has 0 bridgehead atoms. The maximum atomic E-state index is 12.8. The van der Waals surface area contributed by atoms with Crippen LogP contribution in [0.4, 0.5) is 0 Å². The van der Waals surface area contributed by atoms with Crippen molar-refractivity contribution in [1.82, 2.24) is 0 Å². The SMILES string of the molecule is CC/C=C\C/C=C\C/C=C\CCCCCC(=O)OC(COC(=O)CCCCCCCCCCCC)COC(=O)CCCCCCCCCCCCCCCCCCCCCCCCC. The van der Waals surface area contributed by atoms with Gasteiger partial charge in [0.15, 0.2) is 6.10 Å². The van der Waals surface area contributed by atoms with Crippen molar-refractivity contribution in [2.24, 2.45) is 0 Å². The highest BCUT2D eigenvalue weighted by molar-refractivity contribution is 5.71. The Morgan fingerprint density at radius 2 is 0.609 bits per heavy atom. The molecule has 0 aliphatic heterocycles. The van der Waals surface area contributed by atoms with E-state index in [1.807, 2.05) is 0 Å². The molecule has 64 heavy (non-hydrogen) atoms. The lowest BCUT2D eigenvalue weighted by Crippen LogP contribution is -2.30. The van der Waals surface area contributed by atoms with Gasteiger partial charge < -0.3 is 14.2 Å². The molecule has 0 N–H and O–H groups in total. The van der Waals surface area contributed by atoms with E-state index in [1.165, 1.54) is 173 Å². The van der Waals surface area contributed by atoms with Gasteiger partial charge in [-0.25, -0.2) is 0 Å². The Balaban J connectivity index is 4.20. The van der Waals surface area contributed by atoms with Gasteiger partial charge in [0.25, 0.3) is 0 Å². The van der Waals surface area contributed by atoms with Crippen molar-refractivity contribution in [1.29, 1.82) is 0 Å². The number of esters is 3. The molecule has 0 rings (SSSR count). The molecule has 0 aliphatic carbocycles. The largest absolute Gasteiger partial charge is 0.462 e. The second-order valence-corrected chi connectivity index (χ2v) is 18.8. The standard InChI is InChI=1S/C58H106O6/c1-4-7-10-13-16-19-22-24-25-26-27-28-29-30-31-32-33-35-36-39-42-45-48-51-57(60)63-54-55(53-62-56(59)50-47-44-41-38-21-18-15-12-9-6-3)64-58(61)52-49-46-43-40-37-34-23-20-17-14-11-8-5-2/h8,11,17,20,34,37,55H,4-7,9-10,12-16,18-19,21-33,35-36,38-54H2,1-3H3/b11-8-,20-17-,37-34-. The van der Waals surface area contributed by atoms with Crippen LogP contribution in [0.15, 0.2) is 36.5 Å². The third-order valence-corrected chi connectivity index (χ3v) is 12.4. The summed E-state index contributed by atoms with van der Waals surface area (Å²) in [5, 5.41) is 0. The van der Waals surface area contributed by atoms with E-state index >= 15 is 0 Å². The maximum absolute atomic E-state index is 12.8. The summed E-state index contributed by atoms with van der Waals surface area (Å²) < 4.78 is 16.8. The van der Waals surface area contributed by atoms with Crippen LogP contribution in [0.2, 0.25) is 0 Å². The molecule has 1 unspecified atom stereocenters. The Morgan fingerprint density at radius 1 is 0.328 bits per heavy atom. The Labute approximate surface area is 397 Å². The minimum Gasteiger partial charge on any atom is -0.462 e. The monoisotopic (exact) mass is 899 g/mol. The van der Waals surface area contributed by atoms with Crippen LogP contribution in [0.25, 0.3) is 0 Å². The smallest absolute Gasteiger partial charge is 0.306 e. The highest BCUT2D eigenvalue weighted by Crippen LogP contribution is 2.17. The fourth-order valence-electron chi connectivity index (χ4n) is 8.22. The van der Waals surface area contributed by atoms with Gasteiger partial charge in [-0.3, -0.25) is 14.4 Å². The predicted molar refractivity (Wildman–Crippen MR) is 275 cm³/mol. The van der Waals surface area contributed by atoms with Crippen molar-refractivity contribution in [2.75, 3.05) is 13.2 Å². The van der Waals surface area contributed by atoms with Crippen LogP contribution >= 0.6 is 0 Å². The lowest BCUT2D eigenvalue weighted by Gasteiger charge is -2.18. The Morgan fingerprint density at radius 3 is 0.953 bits per heavy atom. The van der Waals surface area contributed by atoms with E-state index in [4.69, 9.17) is 14.2 Å². The number of carbonyl (C=O) groups is 3. The minimum absolute atomic E-state index is 0.0798. The van der Waals surface area contributed by atoms with E-state index < -0.39 is 6.10 Å². The first-order chi connectivity index (χ1) is 31.5. The first-order valence-electron chi connectivity index (χ1n) is 28.0. The quantitative estimate of drug-likeness (QED) is 0.0262. The Bertz CT molecular complexity index is 1080. The second kappa shape index (κ2) is 53.2. The summed E-state index contributed by atoms with van der Waals surface area (Å²) >= 11 is 0. The third kappa shape index (κ3) is 50.6. The summed E-state index contributed by atoms with van der Waals surface area (Å²) in [5.41, 5.74) is 0. The van der Waals surface area contributed by atoms with Crippen LogP contribution in [0.3, 0.4) is 0 Å². The van der Waals surface area contributed by atoms with Gasteiger partial charge in [-0.15, -0.1) is 0 Å². The van der Waals surface area contributed by atoms with Crippen molar-refractivity contribution < 1.29 is 28.6 Å². The Kier molecular flexibility index (Phi) is 51.3. The van der Waals surface area contributed by atoms with Gasteiger partial charge in [0.1, 0.15) is 13.2 Å². The van der Waals surface area contributed by atoms with Crippen LogP contribution in [-0.4, -0.2) is 37.2 Å². The second-order valence-electron chi connectivity index (χ2n) is 18.8. The topological polar surface area (TPSA) is 78.9 Å². The summed E-state index contributed by atoms with van der Waals surface area (Å²) in [4.78, 5) is 38.0. The van der Waals surface area contributed by atoms with Gasteiger partial charge in [-0.2, -0.15) is 0 Å². The van der Waals surface area contributed by atoms with Gasteiger partial charge in [0.05, 0.1) is 0 Å². The molecule has 374 valence electrons. The molecule has 1 atom stereocenters. The lowest BCUT2D eigenvalue weighted by atomic mass is 10.0. The molecule has 0 fully saturated rings. The van der Waals surface area contributed by atoms with Crippen LogP contribution in [0.1, 0.15) is 297 Å². The molecular weight excluding hydrogens is 793 g/mol. The number of unbranched alkanes of at least 4 members (excludes halogenated alkanes) is 34. The molecule has 6 heteroatoms. The molecule has 0 saturated heterocycles. The van der Waals surface area contributed by atoms with Gasteiger partial charge in [-0.05, 0) is 51.4 Å². The van der Waals surface area contributed by atoms with Crippen LogP contribution in [0.5, 0.6) is 0 Å². The van der Waals surface area contributed by atoms with Crippen molar-refractivity contribution in [3.63, 3.8) is 0 Å². The average Bonchev–Trinajstić information content (AvgIpc) is 3.29. The molecule has 6 nitrogen and oxygen atoms in total. The zero-order valence-electron chi connectivity index (χ0n) is 42.8. The number of hydrogen-bond donors (Lipinski definition) is 0. The van der Waals surface area contributed by atoms with E-state index in [9.17, 15) is 14.4 Å². The summed E-state index contributed by atoms with van der Waals surface area (Å²) in [7, 11) is 0. The fraction of sp³-hybridized carbons (Fsp3) is 0.845. The fourth-order valence-corrected chi connectivity index (χ4v) is 8.22. The predicted octanol–water partition coefficient (Wildman–Crippen LogP) is 18.5. The zero-order chi connectivity index (χ0) is 46.5. The number of hydrogen-bond acceptors (Lipinski definition) is 6. The third-order valence-electron chi connectivity index (χ3n) is 12.4. The van der Waals surface area contributed by atoms with E-state index in [0.717, 1.165) is 83.5 Å². The van der Waals surface area contributed by atoms with Crippen molar-refractivity contribution in [2.45, 2.75) is 303 Å². The van der Waals surface area contributed by atoms with Gasteiger partial charge in [0.2, 0.25) is 0 Å². The molecule has 0 radical (unpaired) electrons. The van der Waals surface area contributed by atoms with Crippen molar-refractivity contribution in [3.05, 3.63) is 36.5 Å². The van der Waals surface area contributed by atoms with Gasteiger partial charge >= 0.3 is 17.9 Å². The number of ether oxygens (including phenoxy) is 3. The Hall–Kier alpha value is -2.37. The van der Waals surface area contributed by atoms with Gasteiger partial charge in [0, 0.05) is 19.3 Å². The van der Waals surface area contributed by atoms with Crippen molar-refractivity contribution >= 4 is 17.9 Å². The minimum atomic E-state index is -0.782. The molecular formula is C58H106O6. The zero-order valence-corrected chi connectivity index (χ0v) is 42.8. The number of carbonyl (C=O) groups excluding carboxylic acids is 3. The summed E-state index contributed by atoms with van der Waals surface area (Å²) in [6.07, 6.45) is 63.0. The summed E-state index contributed by atoms with van der Waals surface area (Å²) in [5.74, 6) is -0.897. The van der Waals surface area contributed by atoms with Crippen LogP contribution < -0.4 is 0 Å². The number of allylic oxidation sites excluding steroid dienone is 6. The van der Waals surface area contributed by atoms with Crippen LogP contribution in [-0.2, 0) is 28.6 Å². The van der Waals surface area contributed by atoms with Crippen LogP contribution in [0, 0.1) is 0 Å². The maximum Gasteiger partial charge on any atom is 0.306 e. The molecule has 0 aromatic carbocycles. The first kappa shape index (κ1) is 61.6. The molecule has 0 heterocycles. The highest BCUT2D eigenvalue weighted by Gasteiger charge is 2.19. The van der Waals surface area contributed by atoms with E-state index in [0.29, 0.717) is 19.3 Å². The lowest BCUT2D eigenvalue weighted by molar-refractivity contribution is -0.167.